The molecule has 0 fully saturated rings. The Morgan fingerprint density at radius 2 is 2.12 bits per heavy atom. The molecule has 1 aliphatic heterocycles. The second-order valence-electron chi connectivity index (χ2n) is 3.29. The van der Waals surface area contributed by atoms with Crippen molar-refractivity contribution < 1.29 is 29.0 Å². The quantitative estimate of drug-likeness (QED) is 0.793. The van der Waals surface area contributed by atoms with Gasteiger partial charge in [0, 0.05) is 6.42 Å². The van der Waals surface area contributed by atoms with Crippen LogP contribution in [0.4, 0.5) is 0 Å². The van der Waals surface area contributed by atoms with E-state index < -0.39 is 17.5 Å². The van der Waals surface area contributed by atoms with Gasteiger partial charge < -0.3 is 19.4 Å². The normalized spacial score (nSPS) is 23.6. The largest absolute Gasteiger partial charge is 0.478 e. The van der Waals surface area contributed by atoms with Gasteiger partial charge in [-0.1, -0.05) is 0 Å². The topological polar surface area (TPSA) is 97.0 Å². The number of furan rings is 1. The van der Waals surface area contributed by atoms with Crippen LogP contribution in [0.1, 0.15) is 12.2 Å². The van der Waals surface area contributed by atoms with Crippen LogP contribution in [0.3, 0.4) is 0 Å². The average Bonchev–Trinajstić information content (AvgIpc) is 2.87. The van der Waals surface area contributed by atoms with E-state index in [9.17, 15) is 9.59 Å². The Morgan fingerprint density at radius 1 is 1.38 bits per heavy atom. The second kappa shape index (κ2) is 3.41. The van der Waals surface area contributed by atoms with Gasteiger partial charge in [-0.05, 0) is 18.2 Å². The molecule has 1 aliphatic rings. The van der Waals surface area contributed by atoms with Gasteiger partial charge >= 0.3 is 11.9 Å². The first-order valence-corrected chi connectivity index (χ1v) is 4.46. The molecular weight excluding hydrogens is 216 g/mol. The maximum Gasteiger partial charge on any atom is 0.370 e. The Hall–Kier alpha value is -2.24. The van der Waals surface area contributed by atoms with E-state index in [0.29, 0.717) is 0 Å². The van der Waals surface area contributed by atoms with E-state index in [1.165, 1.54) is 24.5 Å². The standard InChI is InChI=1S/C10H8O6/c11-8(12)6-3-4-10(16-6,9(13)14)7-2-1-5-15-7/h1-3,5H,4H2,(H,11,12)(H,13,14). The maximum absolute atomic E-state index is 11.2. The van der Waals surface area contributed by atoms with Crippen molar-refractivity contribution in [1.29, 1.82) is 0 Å². The molecule has 1 aromatic heterocycles. The summed E-state index contributed by atoms with van der Waals surface area (Å²) in [5.41, 5.74) is -1.75. The Kier molecular flexibility index (Phi) is 2.19. The molecule has 2 rings (SSSR count). The minimum Gasteiger partial charge on any atom is -0.478 e. The highest BCUT2D eigenvalue weighted by Gasteiger charge is 2.50. The van der Waals surface area contributed by atoms with Gasteiger partial charge in [0.2, 0.25) is 5.76 Å². The summed E-state index contributed by atoms with van der Waals surface area (Å²) >= 11 is 0. The van der Waals surface area contributed by atoms with Crippen molar-refractivity contribution in [2.75, 3.05) is 0 Å². The fraction of sp³-hybridized carbons (Fsp3) is 0.200. The Labute approximate surface area is 89.7 Å². The molecule has 84 valence electrons. The SMILES string of the molecule is O=C(O)C1=CCC(C(=O)O)(c2ccco2)O1. The van der Waals surface area contributed by atoms with Crippen molar-refractivity contribution in [2.24, 2.45) is 0 Å². The summed E-state index contributed by atoms with van der Waals surface area (Å²) < 4.78 is 9.96. The van der Waals surface area contributed by atoms with Gasteiger partial charge in [-0.15, -0.1) is 0 Å². The van der Waals surface area contributed by atoms with E-state index in [1.807, 2.05) is 0 Å². The first kappa shape index (κ1) is 10.3. The van der Waals surface area contributed by atoms with Crippen LogP contribution in [0.25, 0.3) is 0 Å². The predicted octanol–water partition coefficient (Wildman–Crippen LogP) is 0.948. The molecule has 1 unspecified atom stereocenters. The summed E-state index contributed by atoms with van der Waals surface area (Å²) in [6, 6.07) is 2.95. The van der Waals surface area contributed by atoms with Crippen LogP contribution in [-0.2, 0) is 19.9 Å². The number of carboxylic acid groups (broad SMARTS) is 2. The molecule has 16 heavy (non-hydrogen) atoms. The minimum absolute atomic E-state index is 0.0719. The van der Waals surface area contributed by atoms with Crippen LogP contribution in [0.5, 0.6) is 0 Å². The molecule has 0 aromatic carbocycles. The molecular formula is C10H8O6. The monoisotopic (exact) mass is 224 g/mol. The highest BCUT2D eigenvalue weighted by Crippen LogP contribution is 2.38. The van der Waals surface area contributed by atoms with Gasteiger partial charge in [-0.2, -0.15) is 0 Å². The summed E-state index contributed by atoms with van der Waals surface area (Å²) in [7, 11) is 0. The van der Waals surface area contributed by atoms with Crippen LogP contribution >= 0.6 is 0 Å². The fourth-order valence-electron chi connectivity index (χ4n) is 1.53. The van der Waals surface area contributed by atoms with E-state index in [1.54, 1.807) is 0 Å². The number of aliphatic carboxylic acids is 2. The number of carbonyl (C=O) groups is 2. The number of rotatable bonds is 3. The highest BCUT2D eigenvalue weighted by molar-refractivity contribution is 5.88. The van der Waals surface area contributed by atoms with Crippen molar-refractivity contribution in [2.45, 2.75) is 12.0 Å². The van der Waals surface area contributed by atoms with Gasteiger partial charge in [0.05, 0.1) is 6.26 Å². The number of hydrogen-bond donors (Lipinski definition) is 2. The molecule has 0 saturated carbocycles. The third kappa shape index (κ3) is 1.35. The molecule has 0 bridgehead atoms. The number of hydrogen-bond acceptors (Lipinski definition) is 4. The van der Waals surface area contributed by atoms with E-state index in [2.05, 4.69) is 0 Å². The zero-order valence-corrected chi connectivity index (χ0v) is 8.04. The van der Waals surface area contributed by atoms with Crippen molar-refractivity contribution >= 4 is 11.9 Å². The second-order valence-corrected chi connectivity index (χ2v) is 3.29. The van der Waals surface area contributed by atoms with Crippen LogP contribution in [-0.4, -0.2) is 22.2 Å². The van der Waals surface area contributed by atoms with E-state index >= 15 is 0 Å². The van der Waals surface area contributed by atoms with E-state index in [0.717, 1.165) is 0 Å². The lowest BCUT2D eigenvalue weighted by Gasteiger charge is -2.21. The zero-order chi connectivity index (χ0) is 11.8. The average molecular weight is 224 g/mol. The van der Waals surface area contributed by atoms with Gasteiger partial charge in [-0.25, -0.2) is 9.59 Å². The smallest absolute Gasteiger partial charge is 0.370 e. The summed E-state index contributed by atoms with van der Waals surface area (Å²) in [4.78, 5) is 21.8. The molecule has 6 nitrogen and oxygen atoms in total. The molecule has 1 aromatic rings. The third-order valence-electron chi connectivity index (χ3n) is 2.33. The Bertz CT molecular complexity index is 458. The molecule has 0 aliphatic carbocycles. The highest BCUT2D eigenvalue weighted by atomic mass is 16.6. The maximum atomic E-state index is 11.2. The summed E-state index contributed by atoms with van der Waals surface area (Å²) in [5.74, 6) is -2.88. The van der Waals surface area contributed by atoms with Crippen molar-refractivity contribution in [1.82, 2.24) is 0 Å². The fourth-order valence-corrected chi connectivity index (χ4v) is 1.53. The first-order chi connectivity index (χ1) is 7.56. The van der Waals surface area contributed by atoms with Gasteiger partial charge in [0.25, 0.3) is 5.60 Å². The molecule has 6 heteroatoms. The lowest BCUT2D eigenvalue weighted by Crippen LogP contribution is -2.35. The summed E-state index contributed by atoms with van der Waals surface area (Å²) in [6.45, 7) is 0. The first-order valence-electron chi connectivity index (χ1n) is 4.46. The summed E-state index contributed by atoms with van der Waals surface area (Å²) in [6.07, 6.45) is 2.46. The lowest BCUT2D eigenvalue weighted by atomic mass is 9.98. The summed E-state index contributed by atoms with van der Waals surface area (Å²) in [5, 5.41) is 17.8. The number of carboxylic acids is 2. The molecule has 1 atom stereocenters. The van der Waals surface area contributed by atoms with Crippen LogP contribution in [0.2, 0.25) is 0 Å². The minimum atomic E-state index is -1.75. The molecule has 0 saturated heterocycles. The van der Waals surface area contributed by atoms with Crippen molar-refractivity contribution in [3.63, 3.8) is 0 Å². The van der Waals surface area contributed by atoms with E-state index in [4.69, 9.17) is 19.4 Å². The van der Waals surface area contributed by atoms with E-state index in [-0.39, 0.29) is 17.9 Å². The van der Waals surface area contributed by atoms with Gasteiger partial charge in [0.1, 0.15) is 0 Å². The van der Waals surface area contributed by atoms with Crippen LogP contribution in [0.15, 0.2) is 34.6 Å². The van der Waals surface area contributed by atoms with Crippen LogP contribution in [0, 0.1) is 0 Å². The predicted molar refractivity (Wildman–Crippen MR) is 49.4 cm³/mol. The molecule has 2 heterocycles. The zero-order valence-electron chi connectivity index (χ0n) is 8.04. The van der Waals surface area contributed by atoms with Crippen LogP contribution < -0.4 is 0 Å². The van der Waals surface area contributed by atoms with Crippen molar-refractivity contribution in [3.05, 3.63) is 36.0 Å². The Balaban J connectivity index is 2.36. The molecule has 2 N–H and O–H groups in total. The molecule has 0 spiro atoms. The molecule has 0 amide bonds. The van der Waals surface area contributed by atoms with Gasteiger partial charge in [-0.3, -0.25) is 0 Å². The number of ether oxygens (including phenoxy) is 1. The third-order valence-corrected chi connectivity index (χ3v) is 2.33. The lowest BCUT2D eigenvalue weighted by molar-refractivity contribution is -0.164. The van der Waals surface area contributed by atoms with Crippen molar-refractivity contribution in [3.8, 4) is 0 Å². The molecule has 0 radical (unpaired) electrons. The van der Waals surface area contributed by atoms with Gasteiger partial charge in [0.15, 0.2) is 5.76 Å². The Morgan fingerprint density at radius 3 is 2.56 bits per heavy atom.